The number of anilines is 1. The van der Waals surface area contributed by atoms with Gasteiger partial charge in [0.25, 0.3) is 0 Å². The molecule has 2 N–H and O–H groups in total. The van der Waals surface area contributed by atoms with E-state index in [0.29, 0.717) is 11.6 Å². The summed E-state index contributed by atoms with van der Waals surface area (Å²) in [6, 6.07) is 7.91. The number of fused-ring (bicyclic) bond motifs is 3. The van der Waals surface area contributed by atoms with Gasteiger partial charge < -0.3 is 10.5 Å². The zero-order chi connectivity index (χ0) is 11.1. The molecule has 6 nitrogen and oxygen atoms in total. The highest BCUT2D eigenvalue weighted by atomic mass is 16.5. The number of methoxy groups -OCH3 is 1. The first kappa shape index (κ1) is 8.90. The Labute approximate surface area is 90.7 Å². The molecule has 0 spiro atoms. The molecule has 1 aromatic carbocycles. The Kier molecular flexibility index (Phi) is 1.70. The van der Waals surface area contributed by atoms with E-state index in [1.165, 1.54) is 11.6 Å². The molecule has 16 heavy (non-hydrogen) atoms. The highest BCUT2D eigenvalue weighted by molar-refractivity contribution is 5.92. The zero-order valence-electron chi connectivity index (χ0n) is 8.58. The van der Waals surface area contributed by atoms with Gasteiger partial charge in [0, 0.05) is 5.39 Å². The van der Waals surface area contributed by atoms with E-state index in [9.17, 15) is 0 Å². The van der Waals surface area contributed by atoms with E-state index in [0.717, 1.165) is 10.9 Å². The van der Waals surface area contributed by atoms with Crippen molar-refractivity contribution in [2.24, 2.45) is 0 Å². The summed E-state index contributed by atoms with van der Waals surface area (Å²) in [6.07, 6.45) is 0. The van der Waals surface area contributed by atoms with Crippen molar-refractivity contribution in [2.45, 2.75) is 0 Å². The summed E-state index contributed by atoms with van der Waals surface area (Å²) in [5, 5.41) is 4.97. The third-order valence-electron chi connectivity index (χ3n) is 2.37. The maximum atomic E-state index is 5.78. The molecule has 0 atom stereocenters. The number of hydrogen-bond donors (Lipinski definition) is 1. The summed E-state index contributed by atoms with van der Waals surface area (Å²) in [7, 11) is 1.51. The van der Waals surface area contributed by atoms with Crippen molar-refractivity contribution in [1.29, 1.82) is 0 Å². The summed E-state index contributed by atoms with van der Waals surface area (Å²) in [5.74, 6) is 0.296. The van der Waals surface area contributed by atoms with Crippen LogP contribution in [0.1, 0.15) is 0 Å². The van der Waals surface area contributed by atoms with Crippen molar-refractivity contribution in [1.82, 2.24) is 19.6 Å². The van der Waals surface area contributed by atoms with Crippen LogP contribution in [0.5, 0.6) is 6.01 Å². The highest BCUT2D eigenvalue weighted by Gasteiger charge is 2.10. The Hall–Kier alpha value is -2.37. The summed E-state index contributed by atoms with van der Waals surface area (Å²) in [6.45, 7) is 0. The molecule has 0 amide bonds. The molecule has 3 rings (SSSR count). The Morgan fingerprint density at radius 2 is 2.06 bits per heavy atom. The number of hydrogen-bond acceptors (Lipinski definition) is 5. The van der Waals surface area contributed by atoms with Gasteiger partial charge in [0.2, 0.25) is 5.95 Å². The normalized spacial score (nSPS) is 11.1. The van der Waals surface area contributed by atoms with E-state index < -0.39 is 0 Å². The van der Waals surface area contributed by atoms with Crippen LogP contribution in [0.15, 0.2) is 24.3 Å². The third kappa shape index (κ3) is 1.10. The minimum absolute atomic E-state index is 0.282. The maximum absolute atomic E-state index is 5.78. The summed E-state index contributed by atoms with van der Waals surface area (Å²) < 4.78 is 6.45. The Morgan fingerprint density at radius 3 is 2.88 bits per heavy atom. The lowest BCUT2D eigenvalue weighted by molar-refractivity contribution is 0.380. The van der Waals surface area contributed by atoms with E-state index in [2.05, 4.69) is 15.1 Å². The van der Waals surface area contributed by atoms with E-state index in [-0.39, 0.29) is 6.01 Å². The van der Waals surface area contributed by atoms with Gasteiger partial charge in [-0.2, -0.15) is 9.50 Å². The maximum Gasteiger partial charge on any atom is 0.336 e. The number of nitrogen functional groups attached to an aromatic ring is 1. The largest absolute Gasteiger partial charge is 0.466 e. The molecule has 0 fully saturated rings. The van der Waals surface area contributed by atoms with Gasteiger partial charge in [-0.3, -0.25) is 0 Å². The number of nitrogens with two attached hydrogens (primary N) is 1. The number of aromatic nitrogens is 4. The molecule has 6 heteroatoms. The van der Waals surface area contributed by atoms with Crippen molar-refractivity contribution < 1.29 is 4.74 Å². The Balaban J connectivity index is 2.52. The quantitative estimate of drug-likeness (QED) is 0.651. The summed E-state index contributed by atoms with van der Waals surface area (Å²) in [5.41, 5.74) is 7.23. The van der Waals surface area contributed by atoms with E-state index in [4.69, 9.17) is 10.5 Å². The smallest absolute Gasteiger partial charge is 0.336 e. The number of ether oxygens (including phenoxy) is 1. The second-order valence-corrected chi connectivity index (χ2v) is 3.32. The second-order valence-electron chi connectivity index (χ2n) is 3.32. The fourth-order valence-corrected chi connectivity index (χ4v) is 1.64. The van der Waals surface area contributed by atoms with Crippen LogP contribution < -0.4 is 10.5 Å². The molecule has 0 aliphatic heterocycles. The van der Waals surface area contributed by atoms with Gasteiger partial charge in [0.05, 0.1) is 12.6 Å². The molecule has 0 saturated carbocycles. The molecule has 0 bridgehead atoms. The molecule has 3 aromatic rings. The highest BCUT2D eigenvalue weighted by Crippen LogP contribution is 2.20. The van der Waals surface area contributed by atoms with Crippen molar-refractivity contribution in [3.05, 3.63) is 24.3 Å². The summed E-state index contributed by atoms with van der Waals surface area (Å²) in [4.78, 5) is 8.46. The van der Waals surface area contributed by atoms with Gasteiger partial charge in [-0.25, -0.2) is 4.98 Å². The van der Waals surface area contributed by atoms with Gasteiger partial charge in [-0.1, -0.05) is 12.1 Å². The van der Waals surface area contributed by atoms with Gasteiger partial charge in [-0.05, 0) is 12.1 Å². The van der Waals surface area contributed by atoms with Gasteiger partial charge in [0.1, 0.15) is 0 Å². The van der Waals surface area contributed by atoms with Crippen LogP contribution in [0.4, 0.5) is 5.95 Å². The van der Waals surface area contributed by atoms with Gasteiger partial charge in [0.15, 0.2) is 5.65 Å². The standard InChI is InChI=1S/C10H9N5O/c1-16-10-13-8-6-4-2-3-5-7(6)12-9(11)15(8)14-10/h2-5H,1H3,(H2,11,12). The topological polar surface area (TPSA) is 78.3 Å². The lowest BCUT2D eigenvalue weighted by Crippen LogP contribution is -2.02. The fourth-order valence-electron chi connectivity index (χ4n) is 1.64. The fraction of sp³-hybridized carbons (Fsp3) is 0.100. The SMILES string of the molecule is COc1nc2c3ccccc3nc(N)n2n1. The van der Waals surface area contributed by atoms with Gasteiger partial charge in [-0.15, -0.1) is 5.10 Å². The summed E-state index contributed by atoms with van der Waals surface area (Å²) >= 11 is 0. The van der Waals surface area contributed by atoms with E-state index in [1.807, 2.05) is 24.3 Å². The van der Waals surface area contributed by atoms with E-state index in [1.54, 1.807) is 0 Å². The first-order valence-corrected chi connectivity index (χ1v) is 4.74. The third-order valence-corrected chi connectivity index (χ3v) is 2.37. The predicted octanol–water partition coefficient (Wildman–Crippen LogP) is 0.868. The average Bonchev–Trinajstić information content (AvgIpc) is 2.74. The van der Waals surface area contributed by atoms with Crippen LogP contribution in [0.2, 0.25) is 0 Å². The molecular formula is C10H9N5O. The molecule has 0 aliphatic rings. The average molecular weight is 215 g/mol. The first-order chi connectivity index (χ1) is 7.79. The number of rotatable bonds is 1. The molecule has 0 unspecified atom stereocenters. The molecule has 0 radical (unpaired) electrons. The molecule has 2 heterocycles. The molecular weight excluding hydrogens is 206 g/mol. The van der Waals surface area contributed by atoms with Crippen LogP contribution >= 0.6 is 0 Å². The number of para-hydroxylation sites is 1. The lowest BCUT2D eigenvalue weighted by Gasteiger charge is -2.00. The number of nitrogens with zero attached hydrogens (tertiary/aromatic N) is 4. The Morgan fingerprint density at radius 1 is 1.25 bits per heavy atom. The van der Waals surface area contributed by atoms with Crippen LogP contribution in [-0.4, -0.2) is 26.7 Å². The first-order valence-electron chi connectivity index (χ1n) is 4.74. The lowest BCUT2D eigenvalue weighted by atomic mass is 10.2. The van der Waals surface area contributed by atoms with Crippen molar-refractivity contribution in [2.75, 3.05) is 12.8 Å². The van der Waals surface area contributed by atoms with Crippen LogP contribution in [-0.2, 0) is 0 Å². The molecule has 0 saturated heterocycles. The van der Waals surface area contributed by atoms with Crippen LogP contribution in [0.25, 0.3) is 16.6 Å². The van der Waals surface area contributed by atoms with Crippen LogP contribution in [0, 0.1) is 0 Å². The van der Waals surface area contributed by atoms with E-state index >= 15 is 0 Å². The van der Waals surface area contributed by atoms with Crippen molar-refractivity contribution in [3.8, 4) is 6.01 Å². The van der Waals surface area contributed by atoms with Crippen molar-refractivity contribution >= 4 is 22.5 Å². The predicted molar refractivity (Wildman–Crippen MR) is 59.3 cm³/mol. The minimum Gasteiger partial charge on any atom is -0.466 e. The van der Waals surface area contributed by atoms with Crippen LogP contribution in [0.3, 0.4) is 0 Å². The minimum atomic E-state index is 0.282. The molecule has 0 aliphatic carbocycles. The monoisotopic (exact) mass is 215 g/mol. The van der Waals surface area contributed by atoms with Crippen molar-refractivity contribution in [3.63, 3.8) is 0 Å². The zero-order valence-corrected chi connectivity index (χ0v) is 8.58. The molecule has 80 valence electrons. The Bertz CT molecular complexity index is 675. The second kappa shape index (κ2) is 3.06. The van der Waals surface area contributed by atoms with Gasteiger partial charge >= 0.3 is 6.01 Å². The molecule has 2 aromatic heterocycles. The number of benzene rings is 1.